The smallest absolute Gasteiger partial charge is 0.352 e. The maximum atomic E-state index is 13.5. The van der Waals surface area contributed by atoms with Gasteiger partial charge >= 0.3 is 11.9 Å². The Bertz CT molecular complexity index is 2120. The number of nitrogens with zero attached hydrogens (tertiary/aromatic N) is 5. The molecular weight excluding hydrogens is 751 g/mol. The minimum absolute atomic E-state index is 0.0287. The lowest BCUT2D eigenvalue weighted by atomic mass is 9.89. The van der Waals surface area contributed by atoms with E-state index in [-0.39, 0.29) is 70.3 Å². The van der Waals surface area contributed by atoms with Gasteiger partial charge in [0.15, 0.2) is 33.8 Å². The van der Waals surface area contributed by atoms with Crippen molar-refractivity contribution >= 4 is 80.9 Å². The molecule has 3 amide bonds. The number of aliphatic carboxylic acids is 2. The predicted octanol–water partition coefficient (Wildman–Crippen LogP) is 0.273. The van der Waals surface area contributed by atoms with Crippen molar-refractivity contribution in [2.24, 2.45) is 11.1 Å². The van der Waals surface area contributed by atoms with Gasteiger partial charge in [-0.3, -0.25) is 24.1 Å². The molecule has 1 unspecified atom stereocenters. The summed E-state index contributed by atoms with van der Waals surface area (Å²) in [6.07, 6.45) is 2.18. The van der Waals surface area contributed by atoms with Crippen LogP contribution in [0.5, 0.6) is 11.5 Å². The number of thiazole rings is 1. The third kappa shape index (κ3) is 8.50. The Kier molecular flexibility index (Phi) is 11.4. The number of amides is 3. The first-order chi connectivity index (χ1) is 25.5. The molecule has 1 fully saturated rings. The molecule has 0 bridgehead atoms. The molecule has 284 valence electrons. The average Bonchev–Trinajstić information content (AvgIpc) is 3.54. The first kappa shape index (κ1) is 38.9. The number of nitrogen functional groups attached to an aromatic ring is 2. The second kappa shape index (κ2) is 15.8. The lowest BCUT2D eigenvalue weighted by Crippen LogP contribution is -2.62. The summed E-state index contributed by atoms with van der Waals surface area (Å²) in [5, 5.41) is 48.3. The van der Waals surface area contributed by atoms with Gasteiger partial charge in [-0.1, -0.05) is 5.16 Å². The molecule has 4 heterocycles. The number of ketones is 1. The van der Waals surface area contributed by atoms with E-state index < -0.39 is 64.5 Å². The molecule has 1 saturated heterocycles. The summed E-state index contributed by atoms with van der Waals surface area (Å²) >= 11 is 2.25. The van der Waals surface area contributed by atoms with E-state index in [1.807, 2.05) is 0 Å². The van der Waals surface area contributed by atoms with Crippen molar-refractivity contribution < 1.29 is 58.6 Å². The van der Waals surface area contributed by atoms with E-state index in [4.69, 9.17) is 16.3 Å². The second-order valence-corrected chi connectivity index (χ2v) is 14.4. The van der Waals surface area contributed by atoms with Crippen LogP contribution in [0.1, 0.15) is 42.7 Å². The number of carbonyl (C=O) groups is 6. The molecule has 0 aliphatic carbocycles. The molecule has 2 aromatic heterocycles. The number of rotatable bonds is 15. The molecule has 0 saturated carbocycles. The first-order valence-electron chi connectivity index (χ1n) is 15.9. The number of nitrogens with one attached hydrogen (secondary N) is 2. The minimum Gasteiger partial charge on any atom is -0.504 e. The van der Waals surface area contributed by atoms with Crippen LogP contribution in [0.15, 0.2) is 52.5 Å². The van der Waals surface area contributed by atoms with E-state index in [1.165, 1.54) is 54.1 Å². The van der Waals surface area contributed by atoms with Gasteiger partial charge in [-0.15, -0.1) is 23.1 Å². The highest BCUT2D eigenvalue weighted by Crippen LogP contribution is 2.45. The molecule has 22 heteroatoms. The molecule has 10 N–H and O–H groups in total. The van der Waals surface area contributed by atoms with Crippen LogP contribution in [0.3, 0.4) is 0 Å². The van der Waals surface area contributed by atoms with Crippen molar-refractivity contribution in [1.29, 1.82) is 0 Å². The van der Waals surface area contributed by atoms with Crippen molar-refractivity contribution in [1.82, 2.24) is 20.2 Å². The number of anilines is 3. The molecule has 0 spiro atoms. The number of phenolic OH excluding ortho intramolecular Hbond substituents is 2. The first-order valence-corrected chi connectivity index (χ1v) is 17.8. The molecule has 1 aromatic carbocycles. The van der Waals surface area contributed by atoms with E-state index in [9.17, 15) is 49.2 Å². The number of Topliss-reactive ketones (excluding diaryl/α,β-unsaturated/α-hetero) is 1. The second-order valence-electron chi connectivity index (χ2n) is 12.4. The predicted molar refractivity (Wildman–Crippen MR) is 191 cm³/mol. The monoisotopic (exact) mass is 784 g/mol. The molecule has 2 atom stereocenters. The van der Waals surface area contributed by atoms with Gasteiger partial charge in [0, 0.05) is 41.7 Å². The van der Waals surface area contributed by atoms with Crippen LogP contribution in [0.2, 0.25) is 0 Å². The molecule has 5 rings (SSSR count). The Balaban J connectivity index is 1.24. The molecule has 54 heavy (non-hydrogen) atoms. The van der Waals surface area contributed by atoms with Crippen LogP contribution < -0.4 is 26.7 Å². The zero-order valence-electron chi connectivity index (χ0n) is 28.5. The number of hydrogen-bond acceptors (Lipinski definition) is 16. The quantitative estimate of drug-likeness (QED) is 0.0337. The van der Waals surface area contributed by atoms with Crippen molar-refractivity contribution in [2.75, 3.05) is 29.1 Å². The number of aromatic hydroxyl groups is 2. The maximum absolute atomic E-state index is 13.5. The van der Waals surface area contributed by atoms with E-state index in [0.717, 1.165) is 28.4 Å². The molecule has 2 aliphatic rings. The van der Waals surface area contributed by atoms with E-state index in [1.54, 1.807) is 0 Å². The number of benzene rings is 1. The van der Waals surface area contributed by atoms with Crippen molar-refractivity contribution in [3.8, 4) is 11.5 Å². The number of nitrogens with two attached hydrogens (primary N) is 2. The Hall–Kier alpha value is -6.29. The van der Waals surface area contributed by atoms with Crippen LogP contribution in [-0.4, -0.2) is 99.7 Å². The Morgan fingerprint density at radius 2 is 1.89 bits per heavy atom. The van der Waals surface area contributed by atoms with Crippen LogP contribution in [-0.2, 0) is 35.4 Å². The number of fused-ring (bicyclic) bond motifs is 1. The van der Waals surface area contributed by atoms with Crippen molar-refractivity contribution in [2.45, 2.75) is 44.2 Å². The molecular formula is C32H34N9O11S2+. The maximum Gasteiger partial charge on any atom is 0.352 e. The van der Waals surface area contributed by atoms with Crippen LogP contribution in [0.25, 0.3) is 0 Å². The van der Waals surface area contributed by atoms with Gasteiger partial charge in [-0.05, 0) is 37.0 Å². The highest BCUT2D eigenvalue weighted by Gasteiger charge is 2.54. The summed E-state index contributed by atoms with van der Waals surface area (Å²) in [6, 6.07) is 3.52. The number of hydrogen-bond donors (Lipinski definition) is 8. The van der Waals surface area contributed by atoms with Gasteiger partial charge in [-0.2, -0.15) is 0 Å². The van der Waals surface area contributed by atoms with Gasteiger partial charge in [0.2, 0.25) is 17.4 Å². The van der Waals surface area contributed by atoms with Crippen molar-refractivity contribution in [3.63, 3.8) is 0 Å². The molecule has 3 aromatic rings. The molecule has 2 aliphatic heterocycles. The third-order valence-corrected chi connectivity index (χ3v) is 10.2. The highest BCUT2D eigenvalue weighted by molar-refractivity contribution is 8.00. The normalized spacial score (nSPS) is 17.0. The molecule has 20 nitrogen and oxygen atoms in total. The Labute approximate surface area is 313 Å². The average molecular weight is 785 g/mol. The van der Waals surface area contributed by atoms with Crippen LogP contribution >= 0.6 is 23.1 Å². The third-order valence-electron chi connectivity index (χ3n) is 8.11. The van der Waals surface area contributed by atoms with Gasteiger partial charge in [0.1, 0.15) is 24.1 Å². The topological polar surface area (TPSA) is 314 Å². The largest absolute Gasteiger partial charge is 0.504 e. The fourth-order valence-corrected chi connectivity index (χ4v) is 7.17. The van der Waals surface area contributed by atoms with Crippen LogP contribution in [0, 0.1) is 5.92 Å². The molecule has 0 radical (unpaired) electrons. The van der Waals surface area contributed by atoms with Gasteiger partial charge in [0.05, 0.1) is 11.3 Å². The number of carboxylic acid groups (broad SMARTS) is 2. The van der Waals surface area contributed by atoms with E-state index in [2.05, 4.69) is 25.8 Å². The number of carboxylic acids is 2. The summed E-state index contributed by atoms with van der Waals surface area (Å²) in [5.74, 6) is -6.84. The fraction of sp³-hybridized carbons (Fsp3) is 0.312. The minimum atomic E-state index is -1.79. The Morgan fingerprint density at radius 1 is 1.15 bits per heavy atom. The summed E-state index contributed by atoms with van der Waals surface area (Å²) in [5.41, 5.74) is 9.82. The summed E-state index contributed by atoms with van der Waals surface area (Å²) < 4.78 is 1.47. The zero-order valence-corrected chi connectivity index (χ0v) is 30.1. The summed E-state index contributed by atoms with van der Waals surface area (Å²) in [4.78, 5) is 90.2. The number of thioether (sulfide) groups is 1. The Morgan fingerprint density at radius 3 is 2.54 bits per heavy atom. The fourth-order valence-electron chi connectivity index (χ4n) is 5.22. The van der Waals surface area contributed by atoms with Crippen LogP contribution in [0.4, 0.5) is 16.6 Å². The number of carbonyl (C=O) groups excluding carboxylic acids is 4. The number of phenols is 2. The highest BCUT2D eigenvalue weighted by atomic mass is 32.2. The lowest BCUT2D eigenvalue weighted by Gasteiger charge is -2.49. The summed E-state index contributed by atoms with van der Waals surface area (Å²) in [7, 11) is 0. The van der Waals surface area contributed by atoms with Crippen molar-refractivity contribution in [3.05, 3.63) is 58.6 Å². The number of oxime groups is 1. The SMILES string of the molecule is CC(C)(O/N=C(\C(=O)C[C@@H]1C(=O)N2C(C(=O)O)=C(C[n+]3cnc(N)c(NC(=O)CCNC(=O)c4ccc(O)c(O)c4)c3)CSC12)c1csc(N)n1)C(=O)O. The standard InChI is InChI=1S/C32H33N9O11S2/c1-32(2,30(50)51)52-39-23(18-12-54-31(34)38-18)21(44)8-16-27(47)41-24(29(48)49)15(11-53-28(16)41)9-40-10-17(25(33)36-13-40)37-22(45)5-6-35-26(46)14-3-4-19(42)20(43)7-14/h3-4,7,10,12-13,16,28,33H,5-6,8-9,11H2,1-2H3,(H8,34,35,37,38,39,42,43,44,45,46,48,49,50,51)/p+1/t16-,28?/m1/s1. The zero-order chi connectivity index (χ0) is 39.5. The summed E-state index contributed by atoms with van der Waals surface area (Å²) in [6.45, 7) is 2.32. The van der Waals surface area contributed by atoms with Gasteiger partial charge in [-0.25, -0.2) is 19.1 Å². The van der Waals surface area contributed by atoms with Gasteiger partial charge < -0.3 is 47.4 Å². The van der Waals surface area contributed by atoms with E-state index >= 15 is 0 Å². The van der Waals surface area contributed by atoms with E-state index in [0.29, 0.717) is 5.57 Å². The lowest BCUT2D eigenvalue weighted by molar-refractivity contribution is -0.691. The number of β-lactam (4-membered cyclic amide) rings is 1. The number of aromatic nitrogens is 3. The van der Waals surface area contributed by atoms with Gasteiger partial charge in [0.25, 0.3) is 18.1 Å².